The van der Waals surface area contributed by atoms with Crippen LogP contribution in [0.5, 0.6) is 0 Å². The van der Waals surface area contributed by atoms with E-state index in [1.807, 2.05) is 55.1 Å². The molecule has 0 saturated carbocycles. The van der Waals surface area contributed by atoms with Crippen LogP contribution in [-0.4, -0.2) is 49.0 Å². The quantitative estimate of drug-likeness (QED) is 0.177. The van der Waals surface area contributed by atoms with E-state index in [-0.39, 0.29) is 40.0 Å². The molecular weight excluding hydrogens is 585 g/mol. The summed E-state index contributed by atoms with van der Waals surface area (Å²) in [4.78, 5) is 15.5. The molecule has 4 aromatic rings. The third-order valence-corrected chi connectivity index (χ3v) is 13.8. The number of anilines is 1. The van der Waals surface area contributed by atoms with Crippen molar-refractivity contribution >= 4 is 41.7 Å². The highest BCUT2D eigenvalue weighted by atomic mass is 32.1. The molecule has 0 bridgehead atoms. The van der Waals surface area contributed by atoms with Gasteiger partial charge in [0, 0.05) is 18.7 Å². The average Bonchev–Trinajstić information content (AvgIpc) is 3.40. The van der Waals surface area contributed by atoms with Gasteiger partial charge in [-0.2, -0.15) is 0 Å². The van der Waals surface area contributed by atoms with Crippen LogP contribution in [0, 0.1) is 18.6 Å². The molecule has 2 unspecified atom stereocenters. The standard InChI is InChI=1S/C33H37F2N3O3SSi/c1-21-18-38(19-22(2)41-21)30-24(17-27(28(34)29(30)35)31(39)32-23(3)36-37-42-32)20-40-43(33(4,5)6,25-13-9-7-10-14-25)26-15-11-8-12-16-26/h7-17,21-22H,18-20H2,1-6H3. The normalized spacial score (nSPS) is 17.7. The Hall–Kier alpha value is -3.31. The minimum Gasteiger partial charge on any atom is -0.403 e. The third-order valence-electron chi connectivity index (χ3n) is 7.96. The Kier molecular flexibility index (Phi) is 8.94. The van der Waals surface area contributed by atoms with E-state index in [1.54, 1.807) is 6.92 Å². The topological polar surface area (TPSA) is 64.5 Å². The smallest absolute Gasteiger partial charge is 0.261 e. The summed E-state index contributed by atoms with van der Waals surface area (Å²) >= 11 is 0.870. The predicted octanol–water partition coefficient (Wildman–Crippen LogP) is 6.05. The zero-order valence-electron chi connectivity index (χ0n) is 25.4. The van der Waals surface area contributed by atoms with Crippen molar-refractivity contribution in [1.29, 1.82) is 0 Å². The van der Waals surface area contributed by atoms with Crippen molar-refractivity contribution in [2.75, 3.05) is 18.0 Å². The van der Waals surface area contributed by atoms with Gasteiger partial charge in [0.2, 0.25) is 5.78 Å². The van der Waals surface area contributed by atoms with E-state index in [1.165, 1.54) is 6.07 Å². The van der Waals surface area contributed by atoms with Gasteiger partial charge in [-0.15, -0.1) is 5.10 Å². The fourth-order valence-corrected chi connectivity index (χ4v) is 11.3. The molecule has 1 aliphatic rings. The van der Waals surface area contributed by atoms with E-state index >= 15 is 8.78 Å². The largest absolute Gasteiger partial charge is 0.403 e. The Morgan fingerprint density at radius 3 is 2.05 bits per heavy atom. The molecule has 2 heterocycles. The van der Waals surface area contributed by atoms with Crippen LogP contribution in [-0.2, 0) is 15.8 Å². The van der Waals surface area contributed by atoms with Crippen LogP contribution in [0.1, 0.15) is 61.1 Å². The summed E-state index contributed by atoms with van der Waals surface area (Å²) in [6.07, 6.45) is -0.382. The molecule has 2 atom stereocenters. The first-order valence-electron chi connectivity index (χ1n) is 14.4. The number of aromatic nitrogens is 2. The summed E-state index contributed by atoms with van der Waals surface area (Å²) in [5.74, 6) is -2.90. The summed E-state index contributed by atoms with van der Waals surface area (Å²) in [5, 5.41) is 5.69. The maximum absolute atomic E-state index is 16.3. The molecule has 0 spiro atoms. The lowest BCUT2D eigenvalue weighted by atomic mass is 10.0. The Balaban J connectivity index is 1.68. The van der Waals surface area contributed by atoms with Crippen LogP contribution in [0.4, 0.5) is 14.5 Å². The molecule has 0 aliphatic carbocycles. The number of ether oxygens (including phenoxy) is 1. The van der Waals surface area contributed by atoms with E-state index in [0.29, 0.717) is 24.3 Å². The number of hydrogen-bond acceptors (Lipinski definition) is 7. The number of nitrogens with zero attached hydrogens (tertiary/aromatic N) is 3. The van der Waals surface area contributed by atoms with Gasteiger partial charge < -0.3 is 14.1 Å². The second-order valence-corrected chi connectivity index (χ2v) is 17.3. The molecular formula is C33H37F2N3O3SSi. The molecule has 0 N–H and O–H groups in total. The first kappa shape index (κ1) is 31.1. The number of hydrogen-bond donors (Lipinski definition) is 0. The number of aryl methyl sites for hydroxylation is 1. The van der Waals surface area contributed by atoms with Crippen molar-refractivity contribution in [3.63, 3.8) is 0 Å². The van der Waals surface area contributed by atoms with Gasteiger partial charge in [-0.1, -0.05) is 85.9 Å². The van der Waals surface area contributed by atoms with E-state index in [4.69, 9.17) is 9.16 Å². The maximum Gasteiger partial charge on any atom is 0.261 e. The van der Waals surface area contributed by atoms with Crippen molar-refractivity contribution in [2.24, 2.45) is 0 Å². The Morgan fingerprint density at radius 2 is 1.56 bits per heavy atom. The lowest BCUT2D eigenvalue weighted by Crippen LogP contribution is -2.66. The van der Waals surface area contributed by atoms with Crippen LogP contribution >= 0.6 is 11.5 Å². The van der Waals surface area contributed by atoms with E-state index in [0.717, 1.165) is 21.9 Å². The van der Waals surface area contributed by atoms with Gasteiger partial charge in [-0.25, -0.2) is 8.78 Å². The van der Waals surface area contributed by atoms with Crippen LogP contribution in [0.3, 0.4) is 0 Å². The molecule has 5 rings (SSSR count). The van der Waals surface area contributed by atoms with Crippen molar-refractivity contribution in [3.8, 4) is 0 Å². The van der Waals surface area contributed by atoms with Crippen molar-refractivity contribution in [1.82, 2.24) is 9.59 Å². The molecule has 43 heavy (non-hydrogen) atoms. The van der Waals surface area contributed by atoms with Crippen LogP contribution in [0.25, 0.3) is 0 Å². The maximum atomic E-state index is 16.3. The number of benzene rings is 3. The average molecular weight is 622 g/mol. The van der Waals surface area contributed by atoms with Gasteiger partial charge >= 0.3 is 0 Å². The Morgan fingerprint density at radius 1 is 1.00 bits per heavy atom. The fraction of sp³-hybridized carbons (Fsp3) is 0.364. The number of carbonyl (C=O) groups excluding carboxylic acids is 1. The zero-order valence-corrected chi connectivity index (χ0v) is 27.2. The molecule has 0 radical (unpaired) electrons. The van der Waals surface area contributed by atoms with Crippen LogP contribution in [0.15, 0.2) is 66.7 Å². The minimum atomic E-state index is -3.03. The molecule has 226 valence electrons. The van der Waals surface area contributed by atoms with Gasteiger partial charge in [-0.05, 0) is 53.8 Å². The molecule has 1 fully saturated rings. The van der Waals surface area contributed by atoms with Gasteiger partial charge in [0.15, 0.2) is 11.6 Å². The van der Waals surface area contributed by atoms with E-state index in [9.17, 15) is 4.79 Å². The highest BCUT2D eigenvalue weighted by molar-refractivity contribution is 7.08. The first-order chi connectivity index (χ1) is 20.4. The number of carbonyl (C=O) groups is 1. The highest BCUT2D eigenvalue weighted by Crippen LogP contribution is 2.39. The lowest BCUT2D eigenvalue weighted by Gasteiger charge is -2.43. The monoisotopic (exact) mass is 621 g/mol. The lowest BCUT2D eigenvalue weighted by molar-refractivity contribution is -0.00553. The molecule has 1 aliphatic heterocycles. The molecule has 6 nitrogen and oxygen atoms in total. The fourth-order valence-electron chi connectivity index (χ4n) is 6.16. The van der Waals surface area contributed by atoms with Gasteiger partial charge in [0.25, 0.3) is 8.32 Å². The van der Waals surface area contributed by atoms with E-state index in [2.05, 4.69) is 54.6 Å². The van der Waals surface area contributed by atoms with Gasteiger partial charge in [0.05, 0.1) is 35.8 Å². The number of morpholine rings is 1. The predicted molar refractivity (Wildman–Crippen MR) is 169 cm³/mol. The SMILES string of the molecule is Cc1nnsc1C(=O)c1cc(CO[Si](c2ccccc2)(c2ccccc2)C(C)(C)C)c(N2CC(C)OC(C)C2)c(F)c1F. The second kappa shape index (κ2) is 12.4. The molecule has 3 aromatic carbocycles. The zero-order chi connectivity index (χ0) is 30.9. The molecule has 1 aromatic heterocycles. The summed E-state index contributed by atoms with van der Waals surface area (Å²) in [6, 6.07) is 21.7. The van der Waals surface area contributed by atoms with E-state index < -0.39 is 25.7 Å². The van der Waals surface area contributed by atoms with Crippen molar-refractivity contribution in [2.45, 2.75) is 65.4 Å². The molecule has 0 amide bonds. The number of rotatable bonds is 8. The Bertz CT molecular complexity index is 1540. The van der Waals surface area contributed by atoms with Crippen molar-refractivity contribution in [3.05, 3.63) is 100 Å². The van der Waals surface area contributed by atoms with Crippen LogP contribution in [0.2, 0.25) is 5.04 Å². The highest BCUT2D eigenvalue weighted by Gasteiger charge is 2.50. The summed E-state index contributed by atoms with van der Waals surface area (Å²) in [7, 11) is -3.03. The summed E-state index contributed by atoms with van der Waals surface area (Å²) < 4.78 is 49.0. The second-order valence-electron chi connectivity index (χ2n) is 12.2. The van der Waals surface area contributed by atoms with Gasteiger partial charge in [-0.3, -0.25) is 4.79 Å². The van der Waals surface area contributed by atoms with Crippen LogP contribution < -0.4 is 15.3 Å². The van der Waals surface area contributed by atoms with Crippen molar-refractivity contribution < 1.29 is 22.7 Å². The summed E-state index contributed by atoms with van der Waals surface area (Å²) in [6.45, 7) is 12.6. The molecule has 10 heteroatoms. The third kappa shape index (κ3) is 5.93. The Labute approximate surface area is 257 Å². The first-order valence-corrected chi connectivity index (χ1v) is 17.1. The summed E-state index contributed by atoms with van der Waals surface area (Å²) in [5.41, 5.74) is 0.533. The molecule has 1 saturated heterocycles. The van der Waals surface area contributed by atoms with Gasteiger partial charge in [0.1, 0.15) is 4.88 Å². The number of halogens is 2. The minimum absolute atomic E-state index is 0.0276. The number of ketones is 1.